The van der Waals surface area contributed by atoms with Crippen molar-refractivity contribution in [2.45, 2.75) is 37.6 Å². The van der Waals surface area contributed by atoms with E-state index in [-0.39, 0.29) is 18.9 Å². The minimum Gasteiger partial charge on any atom is -0.291 e. The van der Waals surface area contributed by atoms with E-state index in [9.17, 15) is 8.78 Å². The second kappa shape index (κ2) is 4.01. The van der Waals surface area contributed by atoms with Gasteiger partial charge < -0.3 is 0 Å². The van der Waals surface area contributed by atoms with Crippen LogP contribution in [0.2, 0.25) is 0 Å². The molecule has 0 spiro atoms. The van der Waals surface area contributed by atoms with Crippen molar-refractivity contribution in [3.8, 4) is 6.07 Å². The average molecular weight is 188 g/mol. The van der Waals surface area contributed by atoms with Gasteiger partial charge in [0.1, 0.15) is 0 Å². The summed E-state index contributed by atoms with van der Waals surface area (Å²) >= 11 is 0. The van der Waals surface area contributed by atoms with Crippen LogP contribution >= 0.6 is 0 Å². The molecule has 0 saturated heterocycles. The van der Waals surface area contributed by atoms with E-state index in [1.807, 2.05) is 18.0 Å². The van der Waals surface area contributed by atoms with Crippen molar-refractivity contribution in [3.05, 3.63) is 0 Å². The predicted octanol–water partition coefficient (Wildman–Crippen LogP) is 2.02. The monoisotopic (exact) mass is 188 g/mol. The molecular weight excluding hydrogens is 174 g/mol. The second-order valence-corrected chi connectivity index (χ2v) is 3.66. The Morgan fingerprint density at radius 2 is 2.00 bits per heavy atom. The summed E-state index contributed by atoms with van der Waals surface area (Å²) in [6.07, 6.45) is 0.942. The molecule has 4 heteroatoms. The van der Waals surface area contributed by atoms with Gasteiger partial charge in [-0.2, -0.15) is 5.26 Å². The van der Waals surface area contributed by atoms with E-state index in [1.165, 1.54) is 0 Å². The Morgan fingerprint density at radius 1 is 1.46 bits per heavy atom. The van der Waals surface area contributed by atoms with Gasteiger partial charge in [-0.15, -0.1) is 0 Å². The van der Waals surface area contributed by atoms with Crippen molar-refractivity contribution in [2.75, 3.05) is 13.6 Å². The first-order chi connectivity index (χ1) is 6.05. The molecule has 2 nitrogen and oxygen atoms in total. The van der Waals surface area contributed by atoms with Crippen molar-refractivity contribution in [1.29, 1.82) is 5.26 Å². The summed E-state index contributed by atoms with van der Waals surface area (Å²) in [6.45, 7) is 0.330. The lowest BCUT2D eigenvalue weighted by Gasteiger charge is -2.33. The van der Waals surface area contributed by atoms with E-state index in [0.29, 0.717) is 19.4 Å². The van der Waals surface area contributed by atoms with E-state index in [1.54, 1.807) is 0 Å². The molecule has 0 N–H and O–H groups in total. The van der Waals surface area contributed by atoms with Gasteiger partial charge in [-0.05, 0) is 19.9 Å². The fraction of sp³-hybridized carbons (Fsp3) is 0.889. The minimum absolute atomic E-state index is 0.0343. The maximum absolute atomic E-state index is 12.7. The summed E-state index contributed by atoms with van der Waals surface area (Å²) in [5.74, 6) is -2.47. The molecule has 1 fully saturated rings. The standard InChI is InChI=1S/C9H14F2N2/c1-13(7-6-12)8-2-4-9(10,11)5-3-8/h8H,2-5,7H2,1H3. The Hall–Kier alpha value is -0.690. The summed E-state index contributed by atoms with van der Waals surface area (Å²) in [5.41, 5.74) is 0. The number of hydrogen-bond acceptors (Lipinski definition) is 2. The van der Waals surface area contributed by atoms with Crippen molar-refractivity contribution in [2.24, 2.45) is 0 Å². The van der Waals surface area contributed by atoms with E-state index < -0.39 is 5.92 Å². The summed E-state index contributed by atoms with van der Waals surface area (Å²) in [7, 11) is 1.82. The van der Waals surface area contributed by atoms with Gasteiger partial charge >= 0.3 is 0 Å². The van der Waals surface area contributed by atoms with Gasteiger partial charge in [0.15, 0.2) is 0 Å². The van der Waals surface area contributed by atoms with Crippen LogP contribution in [-0.2, 0) is 0 Å². The summed E-state index contributed by atoms with van der Waals surface area (Å²) < 4.78 is 25.5. The van der Waals surface area contributed by atoms with Crippen LogP contribution in [0, 0.1) is 11.3 Å². The maximum atomic E-state index is 12.7. The summed E-state index contributed by atoms with van der Waals surface area (Å²) in [4.78, 5) is 1.86. The van der Waals surface area contributed by atoms with Crippen molar-refractivity contribution in [3.63, 3.8) is 0 Å². The molecule has 0 radical (unpaired) electrons. The first kappa shape index (κ1) is 10.4. The quantitative estimate of drug-likeness (QED) is 0.620. The first-order valence-electron chi connectivity index (χ1n) is 4.50. The van der Waals surface area contributed by atoms with Gasteiger partial charge in [-0.25, -0.2) is 8.78 Å². The third-order valence-corrected chi connectivity index (χ3v) is 2.63. The SMILES string of the molecule is CN(CC#N)C1CCC(F)(F)CC1. The zero-order valence-corrected chi connectivity index (χ0v) is 7.76. The smallest absolute Gasteiger partial charge is 0.248 e. The highest BCUT2D eigenvalue weighted by Gasteiger charge is 2.35. The van der Waals surface area contributed by atoms with Crippen molar-refractivity contribution in [1.82, 2.24) is 4.90 Å². The predicted molar refractivity (Wildman–Crippen MR) is 45.4 cm³/mol. The lowest BCUT2D eigenvalue weighted by Crippen LogP contribution is -2.38. The molecule has 0 aromatic carbocycles. The fourth-order valence-corrected chi connectivity index (χ4v) is 1.71. The number of hydrogen-bond donors (Lipinski definition) is 0. The van der Waals surface area contributed by atoms with Crippen LogP contribution in [0.1, 0.15) is 25.7 Å². The van der Waals surface area contributed by atoms with Crippen molar-refractivity contribution < 1.29 is 8.78 Å². The molecule has 1 aliphatic carbocycles. The number of rotatable bonds is 2. The van der Waals surface area contributed by atoms with Crippen LogP contribution in [0.5, 0.6) is 0 Å². The molecule has 0 aromatic rings. The Balaban J connectivity index is 2.37. The van der Waals surface area contributed by atoms with Crippen LogP contribution in [0.25, 0.3) is 0 Å². The highest BCUT2D eigenvalue weighted by atomic mass is 19.3. The van der Waals surface area contributed by atoms with Gasteiger partial charge in [0.2, 0.25) is 5.92 Å². The third kappa shape index (κ3) is 2.92. The van der Waals surface area contributed by atoms with E-state index in [4.69, 9.17) is 5.26 Å². The summed E-state index contributed by atoms with van der Waals surface area (Å²) in [6, 6.07) is 2.19. The average Bonchev–Trinajstić information content (AvgIpc) is 2.04. The van der Waals surface area contributed by atoms with Crippen LogP contribution in [-0.4, -0.2) is 30.5 Å². The molecule has 0 aliphatic heterocycles. The number of nitrogens with zero attached hydrogens (tertiary/aromatic N) is 2. The zero-order chi connectivity index (χ0) is 9.90. The van der Waals surface area contributed by atoms with Crippen LogP contribution in [0.15, 0.2) is 0 Å². The molecule has 0 heterocycles. The Kier molecular flexibility index (Phi) is 3.21. The Bertz CT molecular complexity index is 200. The second-order valence-electron chi connectivity index (χ2n) is 3.66. The molecule has 1 rings (SSSR count). The molecule has 0 unspecified atom stereocenters. The largest absolute Gasteiger partial charge is 0.291 e. The van der Waals surface area contributed by atoms with Gasteiger partial charge in [0.05, 0.1) is 12.6 Å². The topological polar surface area (TPSA) is 27.0 Å². The van der Waals surface area contributed by atoms with Gasteiger partial charge in [-0.3, -0.25) is 4.90 Å². The molecule has 0 atom stereocenters. The molecule has 74 valence electrons. The number of alkyl halides is 2. The lowest BCUT2D eigenvalue weighted by molar-refractivity contribution is -0.0501. The molecule has 1 aliphatic rings. The van der Waals surface area contributed by atoms with Crippen molar-refractivity contribution >= 4 is 0 Å². The summed E-state index contributed by atoms with van der Waals surface area (Å²) in [5, 5.41) is 8.43. The first-order valence-corrected chi connectivity index (χ1v) is 4.50. The van der Waals surface area contributed by atoms with E-state index in [2.05, 4.69) is 0 Å². The molecular formula is C9H14F2N2. The maximum Gasteiger partial charge on any atom is 0.248 e. The zero-order valence-electron chi connectivity index (χ0n) is 7.76. The molecule has 0 bridgehead atoms. The van der Waals surface area contributed by atoms with Crippen LogP contribution in [0.4, 0.5) is 8.78 Å². The molecule has 13 heavy (non-hydrogen) atoms. The van der Waals surface area contributed by atoms with Gasteiger partial charge in [0, 0.05) is 18.9 Å². The molecule has 0 aromatic heterocycles. The van der Waals surface area contributed by atoms with Gasteiger partial charge in [-0.1, -0.05) is 0 Å². The molecule has 0 amide bonds. The van der Waals surface area contributed by atoms with Crippen LogP contribution in [0.3, 0.4) is 0 Å². The third-order valence-electron chi connectivity index (χ3n) is 2.63. The van der Waals surface area contributed by atoms with Crippen LogP contribution < -0.4 is 0 Å². The fourth-order valence-electron chi connectivity index (χ4n) is 1.71. The normalized spacial score (nSPS) is 23.0. The highest BCUT2D eigenvalue weighted by molar-refractivity contribution is 4.85. The number of halogens is 2. The lowest BCUT2D eigenvalue weighted by atomic mass is 9.91. The number of nitriles is 1. The molecule has 1 saturated carbocycles. The Morgan fingerprint density at radius 3 is 2.46 bits per heavy atom. The highest BCUT2D eigenvalue weighted by Crippen LogP contribution is 2.34. The minimum atomic E-state index is -2.47. The Labute approximate surface area is 77.1 Å². The van der Waals surface area contributed by atoms with E-state index >= 15 is 0 Å². The van der Waals surface area contributed by atoms with E-state index in [0.717, 1.165) is 0 Å². The van der Waals surface area contributed by atoms with Gasteiger partial charge in [0.25, 0.3) is 0 Å².